The van der Waals surface area contributed by atoms with Crippen LogP contribution in [0.25, 0.3) is 0 Å². The molecule has 0 spiro atoms. The molecule has 1 rings (SSSR count). The molecule has 2 atom stereocenters. The third-order valence-electron chi connectivity index (χ3n) is 1.81. The second-order valence-electron chi connectivity index (χ2n) is 3.05. The zero-order chi connectivity index (χ0) is 7.72. The quantitative estimate of drug-likeness (QED) is 0.566. The van der Waals surface area contributed by atoms with Gasteiger partial charge in [0.2, 0.25) is 0 Å². The van der Waals surface area contributed by atoms with Gasteiger partial charge in [0, 0.05) is 22.5 Å². The number of Topliss-reactive ketones (excluding diaryl/α,β-unsaturated/α-hetero) is 1. The molecule has 1 saturated heterocycles. The van der Waals surface area contributed by atoms with Crippen molar-refractivity contribution >= 4 is 16.6 Å². The smallest absolute Gasteiger partial charge is 0.146 e. The van der Waals surface area contributed by atoms with E-state index in [9.17, 15) is 9.00 Å². The highest BCUT2D eigenvalue weighted by Crippen LogP contribution is 2.20. The SMILES string of the molecule is CC(C)C1CC(=O)CS1=O. The Balaban J connectivity index is 2.63. The van der Waals surface area contributed by atoms with Gasteiger partial charge in [-0.05, 0) is 5.92 Å². The van der Waals surface area contributed by atoms with Crippen LogP contribution in [0.1, 0.15) is 20.3 Å². The maximum atomic E-state index is 11.1. The molecule has 3 heteroatoms. The first-order chi connectivity index (χ1) is 4.61. The molecule has 10 heavy (non-hydrogen) atoms. The van der Waals surface area contributed by atoms with Crippen LogP contribution in [0.2, 0.25) is 0 Å². The summed E-state index contributed by atoms with van der Waals surface area (Å²) in [6.07, 6.45) is 0.532. The zero-order valence-electron chi connectivity index (χ0n) is 6.29. The van der Waals surface area contributed by atoms with Crippen LogP contribution in [0.4, 0.5) is 0 Å². The molecule has 2 unspecified atom stereocenters. The van der Waals surface area contributed by atoms with Crippen molar-refractivity contribution in [3.8, 4) is 0 Å². The lowest BCUT2D eigenvalue weighted by Crippen LogP contribution is -2.15. The highest BCUT2D eigenvalue weighted by Gasteiger charge is 2.31. The van der Waals surface area contributed by atoms with E-state index in [1.165, 1.54) is 0 Å². The van der Waals surface area contributed by atoms with Crippen LogP contribution in [0, 0.1) is 5.92 Å². The summed E-state index contributed by atoms with van der Waals surface area (Å²) in [4.78, 5) is 10.8. The first-order valence-corrected chi connectivity index (χ1v) is 4.88. The van der Waals surface area contributed by atoms with Crippen molar-refractivity contribution < 1.29 is 9.00 Å². The van der Waals surface area contributed by atoms with Gasteiger partial charge in [-0.25, -0.2) is 0 Å². The molecular formula is C7H12O2S. The van der Waals surface area contributed by atoms with E-state index < -0.39 is 10.8 Å². The average Bonchev–Trinajstić information content (AvgIpc) is 2.10. The normalized spacial score (nSPS) is 33.7. The van der Waals surface area contributed by atoms with Gasteiger partial charge in [0.15, 0.2) is 0 Å². The Labute approximate surface area is 63.5 Å². The summed E-state index contributed by atoms with van der Waals surface area (Å²) in [6.45, 7) is 4.03. The molecule has 2 nitrogen and oxygen atoms in total. The van der Waals surface area contributed by atoms with Crippen LogP contribution in [-0.4, -0.2) is 21.0 Å². The van der Waals surface area contributed by atoms with Crippen molar-refractivity contribution in [1.29, 1.82) is 0 Å². The van der Waals surface area contributed by atoms with E-state index >= 15 is 0 Å². The minimum atomic E-state index is -0.870. The molecule has 1 aliphatic rings. The number of rotatable bonds is 1. The van der Waals surface area contributed by atoms with Gasteiger partial charge in [0.05, 0.1) is 5.75 Å². The van der Waals surface area contributed by atoms with E-state index in [2.05, 4.69) is 0 Å². The molecule has 0 aromatic heterocycles. The van der Waals surface area contributed by atoms with E-state index in [1.807, 2.05) is 13.8 Å². The van der Waals surface area contributed by atoms with Gasteiger partial charge in [-0.2, -0.15) is 0 Å². The lowest BCUT2D eigenvalue weighted by Gasteiger charge is -2.09. The number of carbonyl (C=O) groups is 1. The van der Waals surface area contributed by atoms with E-state index in [1.54, 1.807) is 0 Å². The van der Waals surface area contributed by atoms with Crippen LogP contribution in [0.15, 0.2) is 0 Å². The van der Waals surface area contributed by atoms with E-state index in [0.29, 0.717) is 18.1 Å². The Kier molecular flexibility index (Phi) is 2.24. The van der Waals surface area contributed by atoms with Crippen LogP contribution < -0.4 is 0 Å². The Morgan fingerprint density at radius 1 is 1.60 bits per heavy atom. The number of hydrogen-bond acceptors (Lipinski definition) is 2. The fraction of sp³-hybridized carbons (Fsp3) is 0.857. The Hall–Kier alpha value is -0.180. The van der Waals surface area contributed by atoms with Gasteiger partial charge in [0.1, 0.15) is 5.78 Å². The average molecular weight is 160 g/mol. The first-order valence-electron chi connectivity index (χ1n) is 3.50. The van der Waals surface area contributed by atoms with Gasteiger partial charge in [-0.15, -0.1) is 0 Å². The zero-order valence-corrected chi connectivity index (χ0v) is 7.11. The van der Waals surface area contributed by atoms with Gasteiger partial charge >= 0.3 is 0 Å². The molecule has 0 aliphatic carbocycles. The monoisotopic (exact) mass is 160 g/mol. The molecule has 0 amide bonds. The molecular weight excluding hydrogens is 148 g/mol. The molecule has 0 aromatic rings. The molecule has 1 heterocycles. The number of carbonyl (C=O) groups excluding carboxylic acids is 1. The van der Waals surface area contributed by atoms with Crippen molar-refractivity contribution in [2.24, 2.45) is 5.92 Å². The molecule has 0 bridgehead atoms. The maximum absolute atomic E-state index is 11.1. The van der Waals surface area contributed by atoms with Gasteiger partial charge in [-0.3, -0.25) is 9.00 Å². The summed E-state index contributed by atoms with van der Waals surface area (Å²) >= 11 is 0. The predicted molar refractivity (Wildman–Crippen MR) is 41.3 cm³/mol. The summed E-state index contributed by atoms with van der Waals surface area (Å²) in [5, 5.41) is 0.132. The third kappa shape index (κ3) is 1.45. The van der Waals surface area contributed by atoms with E-state index in [0.717, 1.165) is 0 Å². The van der Waals surface area contributed by atoms with Crippen molar-refractivity contribution in [2.75, 3.05) is 5.75 Å². The Morgan fingerprint density at radius 2 is 2.20 bits per heavy atom. The third-order valence-corrected chi connectivity index (χ3v) is 3.81. The Morgan fingerprint density at radius 3 is 2.40 bits per heavy atom. The Bertz CT molecular complexity index is 174. The minimum absolute atomic E-state index is 0.132. The molecule has 0 saturated carbocycles. The fourth-order valence-corrected chi connectivity index (χ4v) is 2.81. The maximum Gasteiger partial charge on any atom is 0.146 e. The molecule has 58 valence electrons. The molecule has 1 fully saturated rings. The summed E-state index contributed by atoms with van der Waals surface area (Å²) in [6, 6.07) is 0. The fourth-order valence-electron chi connectivity index (χ4n) is 1.18. The molecule has 1 aliphatic heterocycles. The van der Waals surface area contributed by atoms with Crippen LogP contribution in [0.5, 0.6) is 0 Å². The number of hydrogen-bond donors (Lipinski definition) is 0. The van der Waals surface area contributed by atoms with Gasteiger partial charge in [0.25, 0.3) is 0 Å². The largest absolute Gasteiger partial charge is 0.299 e. The minimum Gasteiger partial charge on any atom is -0.299 e. The van der Waals surface area contributed by atoms with Gasteiger partial charge in [-0.1, -0.05) is 13.8 Å². The second kappa shape index (κ2) is 2.82. The summed E-state index contributed by atoms with van der Waals surface area (Å²) in [7, 11) is -0.870. The number of ketones is 1. The molecule has 0 N–H and O–H groups in total. The highest BCUT2D eigenvalue weighted by molar-refractivity contribution is 7.87. The first kappa shape index (κ1) is 7.92. The second-order valence-corrected chi connectivity index (χ2v) is 4.71. The lowest BCUT2D eigenvalue weighted by molar-refractivity contribution is -0.116. The summed E-state index contributed by atoms with van der Waals surface area (Å²) < 4.78 is 11.1. The topological polar surface area (TPSA) is 34.1 Å². The summed E-state index contributed by atoms with van der Waals surface area (Å²) in [5.41, 5.74) is 0. The van der Waals surface area contributed by atoms with Gasteiger partial charge < -0.3 is 0 Å². The molecule has 0 radical (unpaired) electrons. The molecule has 0 aromatic carbocycles. The van der Waals surface area contributed by atoms with Crippen molar-refractivity contribution in [2.45, 2.75) is 25.5 Å². The standard InChI is InChI=1S/C7H12O2S/c1-5(2)7-3-6(8)4-10(7)9/h5,7H,3-4H2,1-2H3. The van der Waals surface area contributed by atoms with Crippen molar-refractivity contribution in [3.05, 3.63) is 0 Å². The predicted octanol–water partition coefficient (Wildman–Crippen LogP) is 0.732. The van der Waals surface area contributed by atoms with E-state index in [-0.39, 0.29) is 11.0 Å². The van der Waals surface area contributed by atoms with E-state index in [4.69, 9.17) is 0 Å². The van der Waals surface area contributed by atoms with Crippen LogP contribution >= 0.6 is 0 Å². The van der Waals surface area contributed by atoms with Crippen LogP contribution in [0.3, 0.4) is 0 Å². The van der Waals surface area contributed by atoms with Crippen molar-refractivity contribution in [3.63, 3.8) is 0 Å². The summed E-state index contributed by atoms with van der Waals surface area (Å²) in [5.74, 6) is 0.840. The van der Waals surface area contributed by atoms with Crippen molar-refractivity contribution in [1.82, 2.24) is 0 Å². The highest BCUT2D eigenvalue weighted by atomic mass is 32.2. The lowest BCUT2D eigenvalue weighted by atomic mass is 10.1. The van der Waals surface area contributed by atoms with Crippen LogP contribution in [-0.2, 0) is 15.6 Å².